The van der Waals surface area contributed by atoms with E-state index in [0.29, 0.717) is 0 Å². The molecule has 18 heavy (non-hydrogen) atoms. The number of aryl methyl sites for hydroxylation is 2. The summed E-state index contributed by atoms with van der Waals surface area (Å²) >= 11 is 1.86. The first kappa shape index (κ1) is 13.6. The van der Waals surface area contributed by atoms with E-state index in [1.807, 2.05) is 11.3 Å². The highest BCUT2D eigenvalue weighted by Crippen LogP contribution is 2.39. The summed E-state index contributed by atoms with van der Waals surface area (Å²) in [6, 6.07) is 0. The highest BCUT2D eigenvalue weighted by molar-refractivity contribution is 7.19. The molecule has 1 aliphatic rings. The van der Waals surface area contributed by atoms with E-state index in [4.69, 9.17) is 0 Å². The summed E-state index contributed by atoms with van der Waals surface area (Å²) in [6.45, 7) is 6.38. The second-order valence-corrected chi connectivity index (χ2v) is 5.49. The van der Waals surface area contributed by atoms with Crippen molar-refractivity contribution in [1.82, 2.24) is 9.97 Å². The lowest BCUT2D eigenvalue weighted by atomic mass is 10.2. The number of fused-ring (bicyclic) bond motifs is 3. The number of hydrogen-bond acceptors (Lipinski definition) is 4. The van der Waals surface area contributed by atoms with Crippen LogP contribution in [0.4, 0.5) is 5.82 Å². The first-order chi connectivity index (χ1) is 8.35. The van der Waals surface area contributed by atoms with Gasteiger partial charge in [-0.2, -0.15) is 0 Å². The zero-order valence-corrected chi connectivity index (χ0v) is 12.3. The van der Waals surface area contributed by atoms with E-state index in [1.165, 1.54) is 39.9 Å². The molecule has 0 saturated heterocycles. The average Bonchev–Trinajstić information content (AvgIpc) is 2.90. The van der Waals surface area contributed by atoms with E-state index in [2.05, 4.69) is 28.7 Å². The summed E-state index contributed by atoms with van der Waals surface area (Å²) in [6.07, 6.45) is 5.44. The zero-order valence-electron chi connectivity index (χ0n) is 10.7. The SMILES string of the molecule is CCN(CC)c1ncnc2sc3c(c12)CCC3.[Cl-]. The molecule has 0 bridgehead atoms. The van der Waals surface area contributed by atoms with Gasteiger partial charge in [0.05, 0.1) is 5.39 Å². The second kappa shape index (κ2) is 5.41. The predicted molar refractivity (Wildman–Crippen MR) is 73.0 cm³/mol. The number of rotatable bonds is 3. The third-order valence-corrected chi connectivity index (χ3v) is 4.74. The minimum atomic E-state index is 0. The predicted octanol–water partition coefficient (Wildman–Crippen LogP) is 0.0302. The fraction of sp³-hybridized carbons (Fsp3) is 0.538. The van der Waals surface area contributed by atoms with Crippen LogP contribution in [0.2, 0.25) is 0 Å². The van der Waals surface area contributed by atoms with Crippen molar-refractivity contribution in [2.75, 3.05) is 18.0 Å². The molecule has 0 spiro atoms. The Morgan fingerprint density at radius 3 is 2.72 bits per heavy atom. The number of aromatic nitrogens is 2. The van der Waals surface area contributed by atoms with Crippen LogP contribution in [-0.2, 0) is 12.8 Å². The first-order valence-electron chi connectivity index (χ1n) is 6.35. The van der Waals surface area contributed by atoms with E-state index >= 15 is 0 Å². The van der Waals surface area contributed by atoms with Crippen molar-refractivity contribution in [3.05, 3.63) is 16.8 Å². The average molecular weight is 283 g/mol. The van der Waals surface area contributed by atoms with Crippen molar-refractivity contribution < 1.29 is 12.4 Å². The molecule has 2 aromatic heterocycles. The Hall–Kier alpha value is -0.870. The Labute approximate surface area is 118 Å². The van der Waals surface area contributed by atoms with E-state index in [1.54, 1.807) is 6.33 Å². The summed E-state index contributed by atoms with van der Waals surface area (Å²) in [5.41, 5.74) is 1.52. The van der Waals surface area contributed by atoms with Crippen LogP contribution in [0.5, 0.6) is 0 Å². The summed E-state index contributed by atoms with van der Waals surface area (Å²) < 4.78 is 0. The molecule has 0 N–H and O–H groups in total. The van der Waals surface area contributed by atoms with E-state index < -0.39 is 0 Å². The topological polar surface area (TPSA) is 29.0 Å². The molecule has 98 valence electrons. The molecule has 2 aromatic rings. The van der Waals surface area contributed by atoms with Crippen LogP contribution in [0.1, 0.15) is 30.7 Å². The summed E-state index contributed by atoms with van der Waals surface area (Å²) in [5.74, 6) is 1.14. The van der Waals surface area contributed by atoms with Gasteiger partial charge in [-0.3, -0.25) is 0 Å². The zero-order chi connectivity index (χ0) is 11.8. The maximum absolute atomic E-state index is 4.52. The highest BCUT2D eigenvalue weighted by Gasteiger charge is 2.22. The number of anilines is 1. The van der Waals surface area contributed by atoms with E-state index in [-0.39, 0.29) is 12.4 Å². The molecule has 1 aliphatic carbocycles. The molecule has 0 radical (unpaired) electrons. The minimum absolute atomic E-state index is 0. The molecule has 0 atom stereocenters. The fourth-order valence-electron chi connectivity index (χ4n) is 2.67. The van der Waals surface area contributed by atoms with Crippen LogP contribution >= 0.6 is 11.3 Å². The van der Waals surface area contributed by atoms with Crippen molar-refractivity contribution in [2.45, 2.75) is 33.1 Å². The third-order valence-electron chi connectivity index (χ3n) is 3.54. The first-order valence-corrected chi connectivity index (χ1v) is 7.17. The number of thiophene rings is 1. The van der Waals surface area contributed by atoms with Gasteiger partial charge < -0.3 is 17.3 Å². The molecule has 0 amide bonds. The van der Waals surface area contributed by atoms with Gasteiger partial charge in [0, 0.05) is 18.0 Å². The minimum Gasteiger partial charge on any atom is -1.00 e. The summed E-state index contributed by atoms with van der Waals surface area (Å²) in [7, 11) is 0. The van der Waals surface area contributed by atoms with Gasteiger partial charge in [-0.05, 0) is 38.7 Å². The second-order valence-electron chi connectivity index (χ2n) is 4.41. The lowest BCUT2D eigenvalue weighted by Gasteiger charge is -2.20. The molecule has 0 aliphatic heterocycles. The van der Waals surface area contributed by atoms with Crippen molar-refractivity contribution in [2.24, 2.45) is 0 Å². The lowest BCUT2D eigenvalue weighted by molar-refractivity contribution is -0.00000355. The summed E-state index contributed by atoms with van der Waals surface area (Å²) in [4.78, 5) is 14.0. The van der Waals surface area contributed by atoms with Crippen molar-refractivity contribution in [3.63, 3.8) is 0 Å². The third kappa shape index (κ3) is 1.97. The van der Waals surface area contributed by atoms with Crippen LogP contribution in [-0.4, -0.2) is 23.1 Å². The molecule has 2 heterocycles. The van der Waals surface area contributed by atoms with Gasteiger partial charge >= 0.3 is 0 Å². The Bertz CT molecular complexity index is 548. The van der Waals surface area contributed by atoms with Crippen LogP contribution in [0.15, 0.2) is 6.33 Å². The number of nitrogens with zero attached hydrogens (tertiary/aromatic N) is 3. The van der Waals surface area contributed by atoms with Gasteiger partial charge in [0.2, 0.25) is 0 Å². The van der Waals surface area contributed by atoms with Crippen LogP contribution in [0, 0.1) is 0 Å². The number of halogens is 1. The largest absolute Gasteiger partial charge is 1.00 e. The maximum Gasteiger partial charge on any atom is 0.141 e. The fourth-order valence-corrected chi connectivity index (χ4v) is 3.90. The Morgan fingerprint density at radius 1 is 1.22 bits per heavy atom. The van der Waals surface area contributed by atoms with Crippen molar-refractivity contribution >= 4 is 27.4 Å². The van der Waals surface area contributed by atoms with Gasteiger partial charge in [-0.1, -0.05) is 0 Å². The van der Waals surface area contributed by atoms with E-state index in [9.17, 15) is 0 Å². The standard InChI is InChI=1S/C13H17N3S.ClH/c1-3-16(4-2)12-11-9-6-5-7-10(9)17-13(11)15-8-14-12;/h8H,3-7H2,1-2H3;1H/p-1. The van der Waals surface area contributed by atoms with Gasteiger partial charge in [-0.15, -0.1) is 11.3 Å². The molecule has 3 rings (SSSR count). The Kier molecular flexibility index (Phi) is 4.07. The monoisotopic (exact) mass is 282 g/mol. The summed E-state index contributed by atoms with van der Waals surface area (Å²) in [5, 5.41) is 1.33. The van der Waals surface area contributed by atoms with Gasteiger partial charge in [-0.25, -0.2) is 9.97 Å². The molecule has 0 unspecified atom stereocenters. The highest BCUT2D eigenvalue weighted by atomic mass is 35.5. The smallest absolute Gasteiger partial charge is 0.141 e. The maximum atomic E-state index is 4.52. The number of hydrogen-bond donors (Lipinski definition) is 0. The van der Waals surface area contributed by atoms with Gasteiger partial charge in [0.25, 0.3) is 0 Å². The van der Waals surface area contributed by atoms with Crippen molar-refractivity contribution in [1.29, 1.82) is 0 Å². The van der Waals surface area contributed by atoms with E-state index in [0.717, 1.165) is 18.9 Å². The molecule has 0 saturated carbocycles. The molecule has 5 heteroatoms. The van der Waals surface area contributed by atoms with Gasteiger partial charge in [0.15, 0.2) is 0 Å². The van der Waals surface area contributed by atoms with Gasteiger partial charge in [0.1, 0.15) is 17.0 Å². The molecule has 3 nitrogen and oxygen atoms in total. The molecular formula is C13H17ClN3S-. The van der Waals surface area contributed by atoms with Crippen molar-refractivity contribution in [3.8, 4) is 0 Å². The van der Waals surface area contributed by atoms with Crippen LogP contribution in [0.3, 0.4) is 0 Å². The lowest BCUT2D eigenvalue weighted by Crippen LogP contribution is -3.00. The molecule has 0 fully saturated rings. The Morgan fingerprint density at radius 2 is 2.00 bits per heavy atom. The molecule has 0 aromatic carbocycles. The Balaban J connectivity index is 0.00000120. The quantitative estimate of drug-likeness (QED) is 0.795. The van der Waals surface area contributed by atoms with Crippen LogP contribution in [0.25, 0.3) is 10.2 Å². The molecular weight excluding hydrogens is 266 g/mol. The normalized spacial score (nSPS) is 13.4. The van der Waals surface area contributed by atoms with Crippen LogP contribution < -0.4 is 17.3 Å².